The van der Waals surface area contributed by atoms with E-state index in [4.69, 9.17) is 16.3 Å². The summed E-state index contributed by atoms with van der Waals surface area (Å²) in [6.45, 7) is 2.32. The van der Waals surface area contributed by atoms with Gasteiger partial charge in [-0.15, -0.1) is 0 Å². The van der Waals surface area contributed by atoms with Gasteiger partial charge in [-0.2, -0.15) is 4.98 Å². The van der Waals surface area contributed by atoms with Gasteiger partial charge in [-0.3, -0.25) is 9.36 Å². The predicted molar refractivity (Wildman–Crippen MR) is 127 cm³/mol. The van der Waals surface area contributed by atoms with Crippen LogP contribution in [-0.2, 0) is 16.0 Å². The van der Waals surface area contributed by atoms with E-state index in [1.807, 2.05) is 51.4 Å². The molecule has 2 aromatic carbocycles. The lowest BCUT2D eigenvalue weighted by atomic mass is 10.1. The highest BCUT2D eigenvalue weighted by Gasteiger charge is 2.27. The maximum atomic E-state index is 13.1. The van der Waals surface area contributed by atoms with Crippen LogP contribution in [0.4, 0.5) is 11.8 Å². The van der Waals surface area contributed by atoms with E-state index in [0.29, 0.717) is 17.6 Å². The van der Waals surface area contributed by atoms with E-state index in [2.05, 4.69) is 10.3 Å². The summed E-state index contributed by atoms with van der Waals surface area (Å²) >= 11 is 5.92. The number of carbonyl (C=O) groups is 2. The van der Waals surface area contributed by atoms with Crippen molar-refractivity contribution >= 4 is 35.2 Å². The number of nitrogens with one attached hydrogen (secondary N) is 1. The fraction of sp³-hybridized carbons (Fsp3) is 0.292. The molecule has 8 heteroatoms. The molecule has 0 bridgehead atoms. The zero-order valence-corrected chi connectivity index (χ0v) is 19.2. The van der Waals surface area contributed by atoms with E-state index in [0.717, 1.165) is 24.1 Å². The van der Waals surface area contributed by atoms with Crippen LogP contribution in [-0.4, -0.2) is 42.1 Å². The summed E-state index contributed by atoms with van der Waals surface area (Å²) < 4.78 is 7.19. The molecule has 32 heavy (non-hydrogen) atoms. The number of ether oxygens (including phenoxy) is 1. The van der Waals surface area contributed by atoms with Gasteiger partial charge in [-0.05, 0) is 36.2 Å². The minimum absolute atomic E-state index is 0.122. The van der Waals surface area contributed by atoms with E-state index in [1.165, 1.54) is 0 Å². The van der Waals surface area contributed by atoms with Gasteiger partial charge in [-0.25, -0.2) is 4.79 Å². The SMILES string of the molecule is CCCCOC(=O)c1c(NC(=O)Cc2ccc(Cl)cc2)nc(N(C)C)n1-c1ccccc1. The number of hydrogen-bond donors (Lipinski definition) is 1. The first-order valence-electron chi connectivity index (χ1n) is 10.5. The van der Waals surface area contributed by atoms with Crippen molar-refractivity contribution in [2.45, 2.75) is 26.2 Å². The van der Waals surface area contributed by atoms with Gasteiger partial charge in [-0.1, -0.05) is 55.3 Å². The van der Waals surface area contributed by atoms with Crippen LogP contribution < -0.4 is 10.2 Å². The number of nitrogens with zero attached hydrogens (tertiary/aromatic N) is 3. The zero-order chi connectivity index (χ0) is 23.1. The van der Waals surface area contributed by atoms with Crippen LogP contribution in [0, 0.1) is 0 Å². The number of benzene rings is 2. The maximum absolute atomic E-state index is 13.1. The summed E-state index contributed by atoms with van der Waals surface area (Å²) in [5.41, 5.74) is 1.72. The first kappa shape index (κ1) is 23.3. The summed E-state index contributed by atoms with van der Waals surface area (Å²) in [5.74, 6) is -0.166. The van der Waals surface area contributed by atoms with Gasteiger partial charge >= 0.3 is 5.97 Å². The Balaban J connectivity index is 1.98. The van der Waals surface area contributed by atoms with Crippen LogP contribution in [0.3, 0.4) is 0 Å². The Bertz CT molecular complexity index is 1060. The predicted octanol–water partition coefficient (Wildman–Crippen LogP) is 4.73. The van der Waals surface area contributed by atoms with Gasteiger partial charge in [0.1, 0.15) is 0 Å². The standard InChI is InChI=1S/C24H27ClN4O3/c1-4-5-15-32-23(31)21-22(26-20(30)16-17-11-13-18(25)14-12-17)27-24(28(2)3)29(21)19-9-7-6-8-10-19/h6-14H,4-5,15-16H2,1-3H3,(H,26,30). The fourth-order valence-corrected chi connectivity index (χ4v) is 3.27. The fourth-order valence-electron chi connectivity index (χ4n) is 3.15. The van der Waals surface area contributed by atoms with E-state index in [9.17, 15) is 9.59 Å². The summed E-state index contributed by atoms with van der Waals surface area (Å²) in [6, 6.07) is 16.4. The lowest BCUT2D eigenvalue weighted by Crippen LogP contribution is -2.20. The van der Waals surface area contributed by atoms with Crippen LogP contribution in [0.5, 0.6) is 0 Å². The van der Waals surface area contributed by atoms with Gasteiger partial charge < -0.3 is 15.0 Å². The van der Waals surface area contributed by atoms with Crippen LogP contribution in [0.2, 0.25) is 5.02 Å². The zero-order valence-electron chi connectivity index (χ0n) is 18.5. The molecule has 0 fully saturated rings. The minimum atomic E-state index is -0.537. The summed E-state index contributed by atoms with van der Waals surface area (Å²) in [6.07, 6.45) is 1.78. The van der Waals surface area contributed by atoms with Crippen LogP contribution in [0.1, 0.15) is 35.8 Å². The average molecular weight is 455 g/mol. The summed E-state index contributed by atoms with van der Waals surface area (Å²) in [7, 11) is 3.65. The second-order valence-corrected chi connectivity index (χ2v) is 7.95. The number of carbonyl (C=O) groups excluding carboxylic acids is 2. The van der Waals surface area contributed by atoms with Crippen LogP contribution in [0.25, 0.3) is 5.69 Å². The molecule has 0 aliphatic carbocycles. The maximum Gasteiger partial charge on any atom is 0.359 e. The van der Waals surface area contributed by atoms with Crippen molar-refractivity contribution in [2.24, 2.45) is 0 Å². The molecular formula is C24H27ClN4O3. The molecule has 0 aliphatic heterocycles. The van der Waals surface area contributed by atoms with Crippen LogP contribution >= 0.6 is 11.6 Å². The van der Waals surface area contributed by atoms with Crippen molar-refractivity contribution in [3.63, 3.8) is 0 Å². The van der Waals surface area contributed by atoms with Gasteiger partial charge in [0.2, 0.25) is 11.9 Å². The molecule has 1 N–H and O–H groups in total. The Labute approximate surface area is 193 Å². The molecule has 1 aromatic heterocycles. The minimum Gasteiger partial charge on any atom is -0.461 e. The van der Waals surface area contributed by atoms with Crippen molar-refractivity contribution in [1.29, 1.82) is 0 Å². The smallest absolute Gasteiger partial charge is 0.359 e. The third-order valence-electron chi connectivity index (χ3n) is 4.73. The van der Waals surface area contributed by atoms with Crippen molar-refractivity contribution < 1.29 is 14.3 Å². The lowest BCUT2D eigenvalue weighted by molar-refractivity contribution is -0.115. The first-order valence-corrected chi connectivity index (χ1v) is 10.9. The molecular weight excluding hydrogens is 428 g/mol. The van der Waals surface area contributed by atoms with E-state index in [1.54, 1.807) is 33.7 Å². The van der Waals surface area contributed by atoms with Gasteiger partial charge in [0.05, 0.1) is 13.0 Å². The molecule has 1 heterocycles. The molecule has 0 aliphatic rings. The number of halogens is 1. The highest BCUT2D eigenvalue weighted by atomic mass is 35.5. The molecule has 0 atom stereocenters. The number of amides is 1. The van der Waals surface area contributed by atoms with Crippen molar-refractivity contribution in [1.82, 2.24) is 9.55 Å². The first-order chi connectivity index (χ1) is 15.4. The third-order valence-corrected chi connectivity index (χ3v) is 4.99. The Morgan fingerprint density at radius 1 is 1.09 bits per heavy atom. The van der Waals surface area contributed by atoms with Crippen molar-refractivity contribution in [3.8, 4) is 5.69 Å². The van der Waals surface area contributed by atoms with E-state index >= 15 is 0 Å². The van der Waals surface area contributed by atoms with Crippen LogP contribution in [0.15, 0.2) is 54.6 Å². The number of unbranched alkanes of at least 4 members (excludes halogenated alkanes) is 1. The molecule has 3 rings (SSSR count). The molecule has 3 aromatic rings. The number of aromatic nitrogens is 2. The Morgan fingerprint density at radius 2 is 1.78 bits per heavy atom. The van der Waals surface area contributed by atoms with Crippen molar-refractivity contribution in [2.75, 3.05) is 30.9 Å². The second-order valence-electron chi connectivity index (χ2n) is 7.52. The Kier molecular flexibility index (Phi) is 7.89. The third kappa shape index (κ3) is 5.68. The Hall–Kier alpha value is -3.32. The van der Waals surface area contributed by atoms with Crippen molar-refractivity contribution in [3.05, 3.63) is 70.9 Å². The molecule has 0 radical (unpaired) electrons. The quantitative estimate of drug-likeness (QED) is 0.373. The van der Waals surface area contributed by atoms with Gasteiger partial charge in [0.25, 0.3) is 0 Å². The normalized spacial score (nSPS) is 10.6. The molecule has 1 amide bonds. The largest absolute Gasteiger partial charge is 0.461 e. The second kappa shape index (κ2) is 10.8. The monoisotopic (exact) mass is 454 g/mol. The number of esters is 1. The number of anilines is 2. The summed E-state index contributed by atoms with van der Waals surface area (Å²) in [5, 5.41) is 3.40. The number of para-hydroxylation sites is 1. The molecule has 7 nitrogen and oxygen atoms in total. The van der Waals surface area contributed by atoms with Gasteiger partial charge in [0, 0.05) is 24.8 Å². The lowest BCUT2D eigenvalue weighted by Gasteiger charge is -2.16. The highest BCUT2D eigenvalue weighted by molar-refractivity contribution is 6.30. The highest BCUT2D eigenvalue weighted by Crippen LogP contribution is 2.28. The topological polar surface area (TPSA) is 76.5 Å². The number of hydrogen-bond acceptors (Lipinski definition) is 5. The number of imidazole rings is 1. The molecule has 0 unspecified atom stereocenters. The molecule has 0 spiro atoms. The Morgan fingerprint density at radius 3 is 2.41 bits per heavy atom. The average Bonchev–Trinajstić information content (AvgIpc) is 3.15. The molecule has 168 valence electrons. The number of rotatable bonds is 9. The van der Waals surface area contributed by atoms with E-state index in [-0.39, 0.29) is 23.8 Å². The summed E-state index contributed by atoms with van der Waals surface area (Å²) in [4.78, 5) is 32.2. The van der Waals surface area contributed by atoms with Gasteiger partial charge in [0.15, 0.2) is 11.5 Å². The molecule has 0 saturated heterocycles. The van der Waals surface area contributed by atoms with E-state index < -0.39 is 5.97 Å². The molecule has 0 saturated carbocycles.